The molecule has 3 aliphatic rings. The van der Waals surface area contributed by atoms with Gasteiger partial charge in [-0.05, 0) is 79.9 Å². The minimum Gasteiger partial charge on any atom is -0.372 e. The minimum atomic E-state index is -0.417. The molecule has 0 aromatic heterocycles. The third kappa shape index (κ3) is 5.53. The van der Waals surface area contributed by atoms with Crippen LogP contribution < -0.4 is 5.32 Å². The van der Waals surface area contributed by atoms with Gasteiger partial charge in [-0.2, -0.15) is 5.26 Å². The number of nitrogens with zero attached hydrogens (tertiary/aromatic N) is 2. The molecule has 1 N–H and O–H groups in total. The average molecular weight is 458 g/mol. The molecule has 0 aromatic carbocycles. The largest absolute Gasteiger partial charge is 0.372 e. The van der Waals surface area contributed by atoms with E-state index in [0.29, 0.717) is 11.3 Å². The van der Waals surface area contributed by atoms with Crippen LogP contribution in [0.3, 0.4) is 0 Å². The fourth-order valence-corrected chi connectivity index (χ4v) is 5.30. The number of hydrogen-bond acceptors (Lipinski definition) is 4. The normalized spacial score (nSPS) is 25.5. The van der Waals surface area contributed by atoms with E-state index in [1.54, 1.807) is 6.08 Å². The maximum absolute atomic E-state index is 12.4. The van der Waals surface area contributed by atoms with Crippen LogP contribution in [0.25, 0.3) is 0 Å². The Labute approximate surface area is 205 Å². The number of carbonyl (C=O) groups excluding carboxylic acids is 1. The van der Waals surface area contributed by atoms with Crippen molar-refractivity contribution in [3.8, 4) is 6.07 Å². The lowest BCUT2D eigenvalue weighted by atomic mass is 9.75. The van der Waals surface area contributed by atoms with Gasteiger partial charge < -0.3 is 10.2 Å². The van der Waals surface area contributed by atoms with Crippen LogP contribution in [-0.4, -0.2) is 24.3 Å². The van der Waals surface area contributed by atoms with Gasteiger partial charge in [-0.3, -0.25) is 4.79 Å². The molecule has 0 radical (unpaired) electrons. The number of nitriles is 1. The highest BCUT2D eigenvalue weighted by Crippen LogP contribution is 2.42. The number of hydrogen-bond donors (Lipinski definition) is 1. The maximum atomic E-state index is 12.4. The average Bonchev–Trinajstić information content (AvgIpc) is 2.97. The van der Waals surface area contributed by atoms with Gasteiger partial charge in [0.2, 0.25) is 0 Å². The molecular weight excluding hydrogens is 418 g/mol. The molecule has 0 spiro atoms. The van der Waals surface area contributed by atoms with E-state index in [4.69, 9.17) is 0 Å². The highest BCUT2D eigenvalue weighted by molar-refractivity contribution is 5.81. The second kappa shape index (κ2) is 10.9. The molecule has 1 fully saturated rings. The zero-order valence-corrected chi connectivity index (χ0v) is 21.5. The van der Waals surface area contributed by atoms with E-state index in [-0.39, 0.29) is 0 Å². The SMILES string of the molecule is C=C1/C=C(C#N)\C=C/C/C(C)=C(/C(C)(C)C2=C(C=O)C=C(CC)C(N3CCC(C)CC3)=CC2)N1. The van der Waals surface area contributed by atoms with E-state index < -0.39 is 5.41 Å². The Kier molecular flexibility index (Phi) is 8.20. The number of carbonyl (C=O) groups is 1. The zero-order valence-electron chi connectivity index (χ0n) is 21.5. The number of piperidine rings is 1. The maximum Gasteiger partial charge on any atom is 0.150 e. The summed E-state index contributed by atoms with van der Waals surface area (Å²) in [7, 11) is 0. The number of rotatable bonds is 5. The van der Waals surface area contributed by atoms with E-state index in [0.717, 1.165) is 61.4 Å². The Hall–Kier alpha value is -3.06. The van der Waals surface area contributed by atoms with Crippen molar-refractivity contribution in [3.05, 3.63) is 81.9 Å². The van der Waals surface area contributed by atoms with Crippen LogP contribution in [0.15, 0.2) is 81.9 Å². The van der Waals surface area contributed by atoms with Crippen LogP contribution in [-0.2, 0) is 4.79 Å². The lowest BCUT2D eigenvalue weighted by Gasteiger charge is -2.35. The number of allylic oxidation sites excluding steroid dienone is 10. The molecule has 180 valence electrons. The third-order valence-corrected chi connectivity index (χ3v) is 7.41. The molecule has 34 heavy (non-hydrogen) atoms. The van der Waals surface area contributed by atoms with Gasteiger partial charge in [-0.25, -0.2) is 0 Å². The summed E-state index contributed by atoms with van der Waals surface area (Å²) >= 11 is 0. The van der Waals surface area contributed by atoms with E-state index in [2.05, 4.69) is 69.6 Å². The Morgan fingerprint density at radius 3 is 2.59 bits per heavy atom. The zero-order chi connectivity index (χ0) is 24.9. The van der Waals surface area contributed by atoms with Crippen LogP contribution in [0, 0.1) is 22.7 Å². The van der Waals surface area contributed by atoms with E-state index in [1.165, 1.54) is 29.7 Å². The summed E-state index contributed by atoms with van der Waals surface area (Å²) < 4.78 is 0. The molecule has 0 amide bonds. The first-order chi connectivity index (χ1) is 16.2. The van der Waals surface area contributed by atoms with Gasteiger partial charge in [0, 0.05) is 41.2 Å². The lowest BCUT2D eigenvalue weighted by molar-refractivity contribution is -0.104. The highest BCUT2D eigenvalue weighted by atomic mass is 16.1. The van der Waals surface area contributed by atoms with Crippen LogP contribution in [0.2, 0.25) is 0 Å². The van der Waals surface area contributed by atoms with Crippen LogP contribution in [0.4, 0.5) is 0 Å². The van der Waals surface area contributed by atoms with Crippen LogP contribution >= 0.6 is 0 Å². The summed E-state index contributed by atoms with van der Waals surface area (Å²) in [5.41, 5.74) is 7.46. The Bertz CT molecular complexity index is 1060. The van der Waals surface area contributed by atoms with Crippen molar-refractivity contribution in [2.45, 2.75) is 66.7 Å². The molecule has 0 aromatic rings. The van der Waals surface area contributed by atoms with E-state index in [9.17, 15) is 10.1 Å². The molecular formula is C30H39N3O. The first kappa shape index (κ1) is 25.6. The molecule has 1 saturated heterocycles. The summed E-state index contributed by atoms with van der Waals surface area (Å²) in [5, 5.41) is 12.9. The fourth-order valence-electron chi connectivity index (χ4n) is 5.30. The molecule has 0 saturated carbocycles. The molecule has 0 unspecified atom stereocenters. The monoisotopic (exact) mass is 457 g/mol. The minimum absolute atomic E-state index is 0.417. The van der Waals surface area contributed by atoms with Crippen molar-refractivity contribution in [3.63, 3.8) is 0 Å². The predicted octanol–water partition coefficient (Wildman–Crippen LogP) is 6.65. The van der Waals surface area contributed by atoms with Gasteiger partial charge in [0.15, 0.2) is 0 Å². The second-order valence-corrected chi connectivity index (χ2v) is 10.3. The van der Waals surface area contributed by atoms with Crippen LogP contribution in [0.5, 0.6) is 0 Å². The Morgan fingerprint density at radius 1 is 1.26 bits per heavy atom. The van der Waals surface area contributed by atoms with Crippen molar-refractivity contribution in [2.75, 3.05) is 13.1 Å². The molecule has 0 bridgehead atoms. The van der Waals surface area contributed by atoms with Crippen molar-refractivity contribution >= 4 is 6.29 Å². The molecule has 1 aliphatic carbocycles. The highest BCUT2D eigenvalue weighted by Gasteiger charge is 2.33. The molecule has 2 aliphatic heterocycles. The molecule has 0 atom stereocenters. The van der Waals surface area contributed by atoms with Gasteiger partial charge in [0.05, 0.1) is 11.6 Å². The van der Waals surface area contributed by atoms with Crippen molar-refractivity contribution < 1.29 is 4.79 Å². The summed E-state index contributed by atoms with van der Waals surface area (Å²) in [6, 6.07) is 2.22. The van der Waals surface area contributed by atoms with Crippen molar-refractivity contribution in [1.82, 2.24) is 10.2 Å². The molecule has 3 rings (SSSR count). The molecule has 4 nitrogen and oxygen atoms in total. The standard InChI is InChI=1S/C30H39N3O/c1-7-25-18-26(20-34)27(11-12-28(25)33-15-13-21(2)14-16-33)30(5,6)29-22(3)9-8-10-24(19-31)17-23(4)32-29/h8,10,12,17-18,20-21,32H,4,7,9,11,13-16H2,1-3,5-6H3/b10-8-,24-17+,29-22-. The smallest absolute Gasteiger partial charge is 0.150 e. The van der Waals surface area contributed by atoms with Gasteiger partial charge in [0.1, 0.15) is 6.29 Å². The molecule has 4 heteroatoms. The fraction of sp³-hybridized carbons (Fsp3) is 0.467. The first-order valence-corrected chi connectivity index (χ1v) is 12.5. The van der Waals surface area contributed by atoms with Gasteiger partial charge in [0.25, 0.3) is 0 Å². The van der Waals surface area contributed by atoms with Gasteiger partial charge in [-0.15, -0.1) is 0 Å². The third-order valence-electron chi connectivity index (χ3n) is 7.41. The van der Waals surface area contributed by atoms with Crippen LogP contribution in [0.1, 0.15) is 66.7 Å². The first-order valence-electron chi connectivity index (χ1n) is 12.5. The van der Waals surface area contributed by atoms with Crippen molar-refractivity contribution in [1.29, 1.82) is 5.26 Å². The number of aldehydes is 1. The van der Waals surface area contributed by atoms with E-state index >= 15 is 0 Å². The summed E-state index contributed by atoms with van der Waals surface area (Å²) in [6.07, 6.45) is 15.9. The lowest BCUT2D eigenvalue weighted by Crippen LogP contribution is -2.33. The Balaban J connectivity index is 2.04. The van der Waals surface area contributed by atoms with Gasteiger partial charge >= 0.3 is 0 Å². The second-order valence-electron chi connectivity index (χ2n) is 10.3. The number of nitrogens with one attached hydrogen (secondary N) is 1. The van der Waals surface area contributed by atoms with Crippen molar-refractivity contribution in [2.24, 2.45) is 11.3 Å². The predicted molar refractivity (Wildman–Crippen MR) is 140 cm³/mol. The summed E-state index contributed by atoms with van der Waals surface area (Å²) in [5.74, 6) is 0.775. The van der Waals surface area contributed by atoms with Gasteiger partial charge in [-0.1, -0.05) is 46.4 Å². The summed E-state index contributed by atoms with van der Waals surface area (Å²) in [6.45, 7) is 17.3. The Morgan fingerprint density at radius 2 is 1.97 bits per heavy atom. The topological polar surface area (TPSA) is 56.1 Å². The number of likely N-dealkylation sites (tertiary alicyclic amines) is 1. The summed E-state index contributed by atoms with van der Waals surface area (Å²) in [4.78, 5) is 14.9. The van der Waals surface area contributed by atoms with E-state index in [1.807, 2.05) is 12.2 Å². The quantitative estimate of drug-likeness (QED) is 0.470. The molecule has 2 heterocycles.